The van der Waals surface area contributed by atoms with Crippen LogP contribution in [-0.4, -0.2) is 44.1 Å². The molecule has 2 aromatic rings. The smallest absolute Gasteiger partial charge is 0.241 e. The Labute approximate surface area is 186 Å². The number of amides is 1. The Morgan fingerprint density at radius 3 is 2.26 bits per heavy atom. The molecule has 0 aliphatic carbocycles. The van der Waals surface area contributed by atoms with Gasteiger partial charge in [0.1, 0.15) is 0 Å². The average molecular weight is 444 g/mol. The second-order valence-electron chi connectivity index (χ2n) is 8.33. The van der Waals surface area contributed by atoms with E-state index in [4.69, 9.17) is 0 Å². The van der Waals surface area contributed by atoms with Gasteiger partial charge in [0.05, 0.1) is 11.8 Å². The highest BCUT2D eigenvalue weighted by atomic mass is 32.2. The number of hydrogen-bond acceptors (Lipinski definition) is 4. The minimum atomic E-state index is -3.32. The summed E-state index contributed by atoms with van der Waals surface area (Å²) in [4.78, 5) is 15.0. The van der Waals surface area contributed by atoms with Crippen LogP contribution in [-0.2, 0) is 21.2 Å². The molecule has 168 valence electrons. The molecular weight excluding hydrogens is 410 g/mol. The molecule has 7 heteroatoms. The van der Waals surface area contributed by atoms with E-state index in [0.29, 0.717) is 23.7 Å². The fourth-order valence-corrected chi connectivity index (χ4v) is 5.16. The van der Waals surface area contributed by atoms with Crippen molar-refractivity contribution in [3.05, 3.63) is 60.2 Å². The first-order valence-corrected chi connectivity index (χ1v) is 12.7. The Morgan fingerprint density at radius 2 is 1.65 bits per heavy atom. The van der Waals surface area contributed by atoms with Crippen LogP contribution in [0.1, 0.15) is 38.7 Å². The highest BCUT2D eigenvalue weighted by molar-refractivity contribution is 7.92. The van der Waals surface area contributed by atoms with Crippen LogP contribution in [0.4, 0.5) is 11.4 Å². The van der Waals surface area contributed by atoms with Gasteiger partial charge in [0.2, 0.25) is 15.9 Å². The zero-order valence-corrected chi connectivity index (χ0v) is 19.2. The Bertz CT molecular complexity index is 938. The maximum Gasteiger partial charge on any atom is 0.241 e. The lowest BCUT2D eigenvalue weighted by Crippen LogP contribution is -2.46. The summed E-state index contributed by atoms with van der Waals surface area (Å²) in [6.07, 6.45) is 3.85. The minimum absolute atomic E-state index is 0.0409. The number of carbonyl (C=O) groups excluding carboxylic acids is 1. The van der Waals surface area contributed by atoms with E-state index in [9.17, 15) is 13.2 Å². The first-order valence-electron chi connectivity index (χ1n) is 11.1. The van der Waals surface area contributed by atoms with Crippen LogP contribution >= 0.6 is 0 Å². The lowest BCUT2D eigenvalue weighted by molar-refractivity contribution is -0.121. The number of hydrogen-bond donors (Lipinski definition) is 2. The zero-order valence-electron chi connectivity index (χ0n) is 18.4. The van der Waals surface area contributed by atoms with Gasteiger partial charge in [0.25, 0.3) is 0 Å². The largest absolute Gasteiger partial charge is 0.325 e. The fourth-order valence-electron chi connectivity index (χ4n) is 4.03. The molecule has 1 aliphatic rings. The number of rotatable bonds is 9. The van der Waals surface area contributed by atoms with Crippen molar-refractivity contribution in [3.63, 3.8) is 0 Å². The number of nitrogens with zero attached hydrogens (tertiary/aromatic N) is 1. The molecule has 1 amide bonds. The summed E-state index contributed by atoms with van der Waals surface area (Å²) in [7, 11) is -3.32. The maximum atomic E-state index is 12.7. The molecule has 1 saturated heterocycles. The monoisotopic (exact) mass is 443 g/mol. The number of benzene rings is 2. The number of piperidine rings is 1. The highest BCUT2D eigenvalue weighted by Crippen LogP contribution is 2.23. The number of sulfonamides is 1. The number of nitrogens with one attached hydrogen (secondary N) is 2. The molecule has 0 spiro atoms. The topological polar surface area (TPSA) is 78.5 Å². The standard InChI is InChI=1S/C24H33N3O3S/c1-3-17-31(29,30)26-23-11-9-22(10-12-23)25-24(28)19(2)27-15-13-21(14-16-27)18-20-7-5-4-6-8-20/h4-12,19,21,26H,3,13-18H2,1-2H3,(H,25,28). The van der Waals surface area contributed by atoms with Crippen molar-refractivity contribution in [3.8, 4) is 0 Å². The lowest BCUT2D eigenvalue weighted by atomic mass is 9.89. The molecule has 1 heterocycles. The molecule has 3 rings (SSSR count). The van der Waals surface area contributed by atoms with Crippen molar-refractivity contribution in [2.45, 2.75) is 45.6 Å². The maximum absolute atomic E-state index is 12.7. The van der Waals surface area contributed by atoms with Crippen molar-refractivity contribution in [2.24, 2.45) is 5.92 Å². The number of anilines is 2. The van der Waals surface area contributed by atoms with Crippen LogP contribution in [0.2, 0.25) is 0 Å². The van der Waals surface area contributed by atoms with Crippen LogP contribution in [0, 0.1) is 5.92 Å². The van der Waals surface area contributed by atoms with E-state index < -0.39 is 10.0 Å². The second-order valence-corrected chi connectivity index (χ2v) is 10.2. The predicted octanol–water partition coefficient (Wildman–Crippen LogP) is 4.12. The second kappa shape index (κ2) is 10.8. The summed E-state index contributed by atoms with van der Waals surface area (Å²) in [6.45, 7) is 5.61. The van der Waals surface area contributed by atoms with Crippen LogP contribution in [0.25, 0.3) is 0 Å². The fraction of sp³-hybridized carbons (Fsp3) is 0.458. The first kappa shape index (κ1) is 23.3. The number of likely N-dealkylation sites (tertiary alicyclic amines) is 1. The van der Waals surface area contributed by atoms with Gasteiger partial charge in [-0.25, -0.2) is 8.42 Å². The Balaban J connectivity index is 1.47. The van der Waals surface area contributed by atoms with E-state index in [1.165, 1.54) is 5.56 Å². The molecule has 2 aromatic carbocycles. The predicted molar refractivity (Wildman–Crippen MR) is 127 cm³/mol. The molecule has 1 aliphatic heterocycles. The third-order valence-electron chi connectivity index (χ3n) is 5.84. The van der Waals surface area contributed by atoms with Crippen LogP contribution < -0.4 is 10.0 Å². The molecule has 0 aromatic heterocycles. The van der Waals surface area contributed by atoms with Crippen molar-refractivity contribution >= 4 is 27.3 Å². The first-order chi connectivity index (χ1) is 14.9. The highest BCUT2D eigenvalue weighted by Gasteiger charge is 2.26. The molecule has 1 unspecified atom stereocenters. The van der Waals surface area contributed by atoms with E-state index in [1.54, 1.807) is 24.3 Å². The van der Waals surface area contributed by atoms with E-state index in [-0.39, 0.29) is 17.7 Å². The molecular formula is C24H33N3O3S. The lowest BCUT2D eigenvalue weighted by Gasteiger charge is -2.35. The minimum Gasteiger partial charge on any atom is -0.325 e. The summed E-state index contributed by atoms with van der Waals surface area (Å²) < 4.78 is 26.3. The van der Waals surface area contributed by atoms with Gasteiger partial charge in [-0.05, 0) is 81.4 Å². The van der Waals surface area contributed by atoms with Gasteiger partial charge in [-0.15, -0.1) is 0 Å². The molecule has 0 radical (unpaired) electrons. The molecule has 2 N–H and O–H groups in total. The summed E-state index contributed by atoms with van der Waals surface area (Å²) >= 11 is 0. The van der Waals surface area contributed by atoms with E-state index in [2.05, 4.69) is 39.2 Å². The summed E-state index contributed by atoms with van der Waals surface area (Å²) in [5, 5.41) is 2.95. The van der Waals surface area contributed by atoms with Gasteiger partial charge in [-0.1, -0.05) is 37.3 Å². The Kier molecular flexibility index (Phi) is 8.09. The normalized spacial score (nSPS) is 16.6. The van der Waals surface area contributed by atoms with Crippen LogP contribution in [0.15, 0.2) is 54.6 Å². The van der Waals surface area contributed by atoms with Gasteiger partial charge < -0.3 is 5.32 Å². The van der Waals surface area contributed by atoms with Crippen molar-refractivity contribution in [1.29, 1.82) is 0 Å². The molecule has 1 fully saturated rings. The zero-order chi connectivity index (χ0) is 22.3. The third-order valence-corrected chi connectivity index (χ3v) is 7.33. The van der Waals surface area contributed by atoms with Gasteiger partial charge in [-0.2, -0.15) is 0 Å². The average Bonchev–Trinajstić information content (AvgIpc) is 2.75. The van der Waals surface area contributed by atoms with Crippen LogP contribution in [0.3, 0.4) is 0 Å². The molecule has 31 heavy (non-hydrogen) atoms. The molecule has 1 atom stereocenters. The summed E-state index contributed by atoms with van der Waals surface area (Å²) in [6, 6.07) is 17.2. The summed E-state index contributed by atoms with van der Waals surface area (Å²) in [5.41, 5.74) is 2.54. The van der Waals surface area contributed by atoms with E-state index >= 15 is 0 Å². The van der Waals surface area contributed by atoms with Gasteiger partial charge in [-0.3, -0.25) is 14.4 Å². The van der Waals surface area contributed by atoms with E-state index in [0.717, 1.165) is 32.4 Å². The molecule has 0 bridgehead atoms. The Morgan fingerprint density at radius 1 is 1.03 bits per heavy atom. The van der Waals surface area contributed by atoms with Crippen molar-refractivity contribution < 1.29 is 13.2 Å². The molecule has 6 nitrogen and oxygen atoms in total. The number of carbonyl (C=O) groups is 1. The quantitative estimate of drug-likeness (QED) is 0.611. The van der Waals surface area contributed by atoms with E-state index in [1.807, 2.05) is 19.9 Å². The summed E-state index contributed by atoms with van der Waals surface area (Å²) in [5.74, 6) is 0.712. The van der Waals surface area contributed by atoms with Gasteiger partial charge >= 0.3 is 0 Å². The Hall–Kier alpha value is -2.38. The van der Waals surface area contributed by atoms with Gasteiger partial charge in [0.15, 0.2) is 0 Å². The van der Waals surface area contributed by atoms with Gasteiger partial charge in [0, 0.05) is 11.4 Å². The molecule has 0 saturated carbocycles. The van der Waals surface area contributed by atoms with Crippen LogP contribution in [0.5, 0.6) is 0 Å². The van der Waals surface area contributed by atoms with Crippen molar-refractivity contribution in [1.82, 2.24) is 4.90 Å². The third kappa shape index (κ3) is 7.08. The SMILES string of the molecule is CCCS(=O)(=O)Nc1ccc(NC(=O)C(C)N2CCC(Cc3ccccc3)CC2)cc1. The van der Waals surface area contributed by atoms with Crippen molar-refractivity contribution in [2.75, 3.05) is 28.9 Å².